The van der Waals surface area contributed by atoms with Crippen LogP contribution in [0.4, 0.5) is 10.1 Å². The molecule has 3 aliphatic rings. The van der Waals surface area contributed by atoms with Crippen molar-refractivity contribution in [3.8, 4) is 0 Å². The molecule has 2 aliphatic carbocycles. The Morgan fingerprint density at radius 2 is 2.03 bits per heavy atom. The maximum absolute atomic E-state index is 14.8. The highest BCUT2D eigenvalue weighted by Gasteiger charge is 2.27. The van der Waals surface area contributed by atoms with Crippen molar-refractivity contribution in [2.45, 2.75) is 45.4 Å². The van der Waals surface area contributed by atoms with Gasteiger partial charge in [-0.05, 0) is 86.5 Å². The number of carbonyl (C=O) groups excluding carboxylic acids is 1. The highest BCUT2D eigenvalue weighted by molar-refractivity contribution is 6.05. The number of amides is 1. The minimum atomic E-state index is -0.468. The van der Waals surface area contributed by atoms with Gasteiger partial charge in [-0.3, -0.25) is 9.48 Å². The van der Waals surface area contributed by atoms with Crippen LogP contribution in [0.2, 0.25) is 0 Å². The molecule has 1 aliphatic heterocycles. The van der Waals surface area contributed by atoms with Gasteiger partial charge in [-0.2, -0.15) is 5.10 Å². The summed E-state index contributed by atoms with van der Waals surface area (Å²) in [6.07, 6.45) is 14.6. The van der Waals surface area contributed by atoms with Crippen LogP contribution in [0.1, 0.15) is 56.6 Å². The fourth-order valence-corrected chi connectivity index (χ4v) is 5.81. The molecule has 1 amide bonds. The third kappa shape index (κ3) is 6.32. The van der Waals surface area contributed by atoms with Gasteiger partial charge in [0.1, 0.15) is 5.82 Å². The molecule has 2 heterocycles. The second-order valence-corrected chi connectivity index (χ2v) is 10.9. The van der Waals surface area contributed by atoms with E-state index < -0.39 is 5.82 Å². The third-order valence-electron chi connectivity index (χ3n) is 8.02. The van der Waals surface area contributed by atoms with Gasteiger partial charge < -0.3 is 15.5 Å². The fraction of sp³-hybridized carbons (Fsp3) is 0.406. The molecule has 2 aromatic rings. The Labute approximate surface area is 230 Å². The molecule has 1 aromatic heterocycles. The first-order chi connectivity index (χ1) is 18.9. The second kappa shape index (κ2) is 12.0. The van der Waals surface area contributed by atoms with Crippen molar-refractivity contribution >= 4 is 22.9 Å². The van der Waals surface area contributed by atoms with Crippen LogP contribution in [0, 0.1) is 11.7 Å². The van der Waals surface area contributed by atoms with Crippen LogP contribution in [-0.4, -0.2) is 46.8 Å². The summed E-state index contributed by atoms with van der Waals surface area (Å²) in [4.78, 5) is 15.9. The zero-order valence-corrected chi connectivity index (χ0v) is 23.0. The molecule has 1 unspecified atom stereocenters. The van der Waals surface area contributed by atoms with Gasteiger partial charge >= 0.3 is 0 Å². The summed E-state index contributed by atoms with van der Waals surface area (Å²) in [5.41, 5.74) is 10.0. The lowest BCUT2D eigenvalue weighted by atomic mass is 9.78. The predicted molar refractivity (Wildman–Crippen MR) is 155 cm³/mol. The first-order valence-corrected chi connectivity index (χ1v) is 14.0. The highest BCUT2D eigenvalue weighted by atomic mass is 19.1. The van der Waals surface area contributed by atoms with E-state index in [0.29, 0.717) is 11.3 Å². The number of allylic oxidation sites excluding steroid dienone is 5. The van der Waals surface area contributed by atoms with E-state index in [0.717, 1.165) is 62.1 Å². The number of carbonyl (C=O) groups is 1. The van der Waals surface area contributed by atoms with E-state index in [4.69, 9.17) is 0 Å². The Kier molecular flexibility index (Phi) is 8.30. The number of nitrogens with one attached hydrogen (secondary N) is 2. The lowest BCUT2D eigenvalue weighted by molar-refractivity contribution is -0.113. The maximum Gasteiger partial charge on any atom is 0.251 e. The molecule has 1 fully saturated rings. The number of benzene rings is 1. The van der Waals surface area contributed by atoms with Gasteiger partial charge in [0.2, 0.25) is 0 Å². The molecule has 0 spiro atoms. The summed E-state index contributed by atoms with van der Waals surface area (Å²) >= 11 is 0. The summed E-state index contributed by atoms with van der Waals surface area (Å²) in [6.45, 7) is 9.85. The lowest BCUT2D eigenvalue weighted by Gasteiger charge is -2.27. The molecule has 1 saturated heterocycles. The quantitative estimate of drug-likeness (QED) is 0.424. The first kappa shape index (κ1) is 26.9. The molecule has 5 rings (SSSR count). The highest BCUT2D eigenvalue weighted by Crippen LogP contribution is 2.39. The number of rotatable bonds is 8. The number of hydrogen-bond acceptors (Lipinski definition) is 4. The number of aromatic nitrogens is 2. The summed E-state index contributed by atoms with van der Waals surface area (Å²) in [5.74, 6) is -0.679. The first-order valence-electron chi connectivity index (χ1n) is 14.0. The number of halogens is 1. The molecular weight excluding hydrogens is 489 g/mol. The van der Waals surface area contributed by atoms with Gasteiger partial charge in [0, 0.05) is 43.0 Å². The van der Waals surface area contributed by atoms with Crippen LogP contribution in [0.3, 0.4) is 0 Å². The number of aryl methyl sites for hydroxylation is 1. The molecule has 1 aromatic carbocycles. The average Bonchev–Trinajstić information content (AvgIpc) is 3.38. The van der Waals surface area contributed by atoms with Crippen molar-refractivity contribution in [1.29, 1.82) is 0 Å². The molecule has 0 radical (unpaired) electrons. The molecule has 0 saturated carbocycles. The summed E-state index contributed by atoms with van der Waals surface area (Å²) < 4.78 is 16.6. The number of likely N-dealkylation sites (tertiary alicyclic amines) is 1. The molecule has 6 nitrogen and oxygen atoms in total. The number of anilines is 1. The fourth-order valence-electron chi connectivity index (χ4n) is 5.81. The van der Waals surface area contributed by atoms with Gasteiger partial charge in [0.05, 0.1) is 17.6 Å². The van der Waals surface area contributed by atoms with Crippen molar-refractivity contribution in [2.75, 3.05) is 31.5 Å². The molecular formula is C32H38FN5O. The van der Waals surface area contributed by atoms with Gasteiger partial charge in [-0.25, -0.2) is 4.39 Å². The largest absolute Gasteiger partial charge is 0.377 e. The smallest absolute Gasteiger partial charge is 0.251 e. The van der Waals surface area contributed by atoms with Gasteiger partial charge in [0.15, 0.2) is 0 Å². The van der Waals surface area contributed by atoms with Crippen molar-refractivity contribution < 1.29 is 9.18 Å². The van der Waals surface area contributed by atoms with E-state index in [1.165, 1.54) is 36.5 Å². The monoisotopic (exact) mass is 527 g/mol. The summed E-state index contributed by atoms with van der Waals surface area (Å²) in [5, 5.41) is 10.5. The van der Waals surface area contributed by atoms with Crippen LogP contribution in [0.25, 0.3) is 11.3 Å². The SMILES string of the molecule is C=C=C(NCCN1CCCCC1)c1ccc(F)c(NC(=O)C2=CC3=C(CCC(c4cnn(C)c4)=C3)CC2C)c1. The lowest BCUT2D eigenvalue weighted by Crippen LogP contribution is -2.35. The van der Waals surface area contributed by atoms with Gasteiger partial charge in [-0.15, -0.1) is 5.73 Å². The zero-order chi connectivity index (χ0) is 27.4. The topological polar surface area (TPSA) is 62.2 Å². The molecule has 1 atom stereocenters. The van der Waals surface area contributed by atoms with Crippen LogP contribution in [0.5, 0.6) is 0 Å². The average molecular weight is 528 g/mol. The summed E-state index contributed by atoms with van der Waals surface area (Å²) in [6, 6.07) is 4.74. The van der Waals surface area contributed by atoms with Crippen molar-refractivity contribution in [3.05, 3.63) is 88.7 Å². The van der Waals surface area contributed by atoms with E-state index in [1.54, 1.807) is 16.8 Å². The number of hydrogen-bond donors (Lipinski definition) is 2. The Hall–Kier alpha value is -3.67. The molecule has 2 N–H and O–H groups in total. The minimum absolute atomic E-state index is 0.0587. The molecule has 7 heteroatoms. The van der Waals surface area contributed by atoms with Crippen LogP contribution in [0.15, 0.2) is 71.8 Å². The van der Waals surface area contributed by atoms with Gasteiger partial charge in [0.25, 0.3) is 5.91 Å². The van der Waals surface area contributed by atoms with Crippen LogP contribution >= 0.6 is 0 Å². The van der Waals surface area contributed by atoms with Crippen molar-refractivity contribution in [3.63, 3.8) is 0 Å². The summed E-state index contributed by atoms with van der Waals surface area (Å²) in [7, 11) is 1.91. The van der Waals surface area contributed by atoms with E-state index in [-0.39, 0.29) is 17.5 Å². The van der Waals surface area contributed by atoms with Crippen molar-refractivity contribution in [1.82, 2.24) is 20.0 Å². The minimum Gasteiger partial charge on any atom is -0.377 e. The number of piperidine rings is 1. The Bertz CT molecular complexity index is 1380. The molecule has 0 bridgehead atoms. The van der Waals surface area contributed by atoms with Gasteiger partial charge in [-0.1, -0.05) is 31.6 Å². The maximum atomic E-state index is 14.8. The van der Waals surface area contributed by atoms with E-state index in [9.17, 15) is 9.18 Å². The van der Waals surface area contributed by atoms with Crippen molar-refractivity contribution in [2.24, 2.45) is 13.0 Å². The van der Waals surface area contributed by atoms with E-state index in [1.807, 2.05) is 25.5 Å². The van der Waals surface area contributed by atoms with E-state index >= 15 is 0 Å². The molecule has 204 valence electrons. The Balaban J connectivity index is 1.29. The predicted octanol–water partition coefficient (Wildman–Crippen LogP) is 5.84. The Morgan fingerprint density at radius 1 is 1.21 bits per heavy atom. The second-order valence-electron chi connectivity index (χ2n) is 10.9. The Morgan fingerprint density at radius 3 is 2.77 bits per heavy atom. The molecule has 39 heavy (non-hydrogen) atoms. The standard InChI is InChI=1S/C32H38FN5O/c1-4-30(34-12-15-38-13-6-5-7-14-38)25-10-11-29(33)31(19-25)36-32(39)28-18-26-17-24(27-20-35-37(3)21-27)9-8-23(26)16-22(28)2/h10-11,17-22,34H,1,5-9,12-16H2,2-3H3,(H,36,39). The normalized spacial score (nSPS) is 19.5. The van der Waals surface area contributed by atoms with E-state index in [2.05, 4.69) is 45.9 Å². The number of nitrogens with zero attached hydrogens (tertiary/aromatic N) is 3. The third-order valence-corrected chi connectivity index (χ3v) is 8.02. The zero-order valence-electron chi connectivity index (χ0n) is 23.0. The van der Waals surface area contributed by atoms with Crippen LogP contribution < -0.4 is 10.6 Å². The van der Waals surface area contributed by atoms with Crippen LogP contribution in [-0.2, 0) is 11.8 Å².